The van der Waals surface area contributed by atoms with Crippen LogP contribution in [0.25, 0.3) is 0 Å². The Morgan fingerprint density at radius 1 is 1.62 bits per heavy atom. The minimum Gasteiger partial charge on any atom is -0.258 e. The third-order valence-electron chi connectivity index (χ3n) is 2.49. The highest BCUT2D eigenvalue weighted by Gasteiger charge is 2.31. The Morgan fingerprint density at radius 2 is 2.25 bits per heavy atom. The summed E-state index contributed by atoms with van der Waals surface area (Å²) in [7, 11) is 0. The van der Waals surface area contributed by atoms with E-state index in [0.29, 0.717) is 12.0 Å². The molecule has 0 fully saturated rings. The summed E-state index contributed by atoms with van der Waals surface area (Å²) >= 11 is 0. The van der Waals surface area contributed by atoms with Crippen molar-refractivity contribution >= 4 is 5.69 Å². The van der Waals surface area contributed by atoms with E-state index in [9.17, 15) is 10.1 Å². The first-order valence-electron chi connectivity index (χ1n) is 4.81. The fourth-order valence-corrected chi connectivity index (χ4v) is 1.60. The summed E-state index contributed by atoms with van der Waals surface area (Å²) in [6, 6.07) is 8.43. The molecule has 16 heavy (non-hydrogen) atoms. The Kier molecular flexibility index (Phi) is 3.41. The third-order valence-corrected chi connectivity index (χ3v) is 2.49. The molecule has 0 N–H and O–H groups in total. The Morgan fingerprint density at radius 3 is 2.75 bits per heavy atom. The molecule has 0 saturated carbocycles. The number of nitrogens with zero attached hydrogens (tertiary/aromatic N) is 2. The van der Waals surface area contributed by atoms with Crippen molar-refractivity contribution in [3.05, 3.63) is 52.6 Å². The summed E-state index contributed by atoms with van der Waals surface area (Å²) in [5.41, 5.74) is -0.485. The third kappa shape index (κ3) is 2.09. The van der Waals surface area contributed by atoms with Gasteiger partial charge in [-0.05, 0) is 13.3 Å². The maximum absolute atomic E-state index is 10.9. The lowest BCUT2D eigenvalue weighted by Gasteiger charge is -2.19. The molecule has 0 radical (unpaired) electrons. The van der Waals surface area contributed by atoms with Crippen LogP contribution in [0.4, 0.5) is 5.69 Å². The van der Waals surface area contributed by atoms with Gasteiger partial charge in [0.05, 0.1) is 22.0 Å². The van der Waals surface area contributed by atoms with Gasteiger partial charge in [0.15, 0.2) is 0 Å². The molecule has 1 rings (SSSR count). The average molecular weight is 216 g/mol. The maximum atomic E-state index is 10.9. The normalized spacial score (nSPS) is 13.5. The average Bonchev–Trinajstić information content (AvgIpc) is 2.29. The molecule has 0 aliphatic rings. The van der Waals surface area contributed by atoms with Gasteiger partial charge in [0.2, 0.25) is 0 Å². The van der Waals surface area contributed by atoms with Crippen molar-refractivity contribution in [3.63, 3.8) is 0 Å². The second kappa shape index (κ2) is 4.58. The lowest BCUT2D eigenvalue weighted by Crippen LogP contribution is -2.20. The van der Waals surface area contributed by atoms with Gasteiger partial charge >= 0.3 is 0 Å². The molecule has 0 amide bonds. The minimum absolute atomic E-state index is 0.0200. The van der Waals surface area contributed by atoms with Crippen molar-refractivity contribution < 1.29 is 4.92 Å². The van der Waals surface area contributed by atoms with Crippen molar-refractivity contribution in [1.82, 2.24) is 0 Å². The number of hydrogen-bond acceptors (Lipinski definition) is 3. The molecule has 4 nitrogen and oxygen atoms in total. The van der Waals surface area contributed by atoms with Crippen LogP contribution in [0.1, 0.15) is 18.9 Å². The van der Waals surface area contributed by atoms with Crippen LogP contribution < -0.4 is 0 Å². The molecule has 0 heterocycles. The lowest BCUT2D eigenvalue weighted by atomic mass is 9.80. The molecule has 0 spiro atoms. The molecule has 0 aliphatic heterocycles. The maximum Gasteiger partial charge on any atom is 0.274 e. The number of para-hydroxylation sites is 1. The first-order chi connectivity index (χ1) is 7.55. The van der Waals surface area contributed by atoms with Crippen LogP contribution in [0.15, 0.2) is 36.9 Å². The first kappa shape index (κ1) is 11.9. The van der Waals surface area contributed by atoms with E-state index in [2.05, 4.69) is 12.6 Å². The summed E-state index contributed by atoms with van der Waals surface area (Å²) < 4.78 is 0. The van der Waals surface area contributed by atoms with Gasteiger partial charge in [0.25, 0.3) is 5.69 Å². The number of allylic oxidation sites excluding steroid dienone is 1. The van der Waals surface area contributed by atoms with Gasteiger partial charge in [-0.15, -0.1) is 6.58 Å². The molecular formula is C12H12N2O2. The quantitative estimate of drug-likeness (QED) is 0.441. The Bertz CT molecular complexity index is 462. The second-order valence-corrected chi connectivity index (χ2v) is 3.71. The van der Waals surface area contributed by atoms with Gasteiger partial charge < -0.3 is 0 Å². The van der Waals surface area contributed by atoms with E-state index in [0.717, 1.165) is 0 Å². The predicted molar refractivity (Wildman–Crippen MR) is 60.9 cm³/mol. The summed E-state index contributed by atoms with van der Waals surface area (Å²) in [6.07, 6.45) is 1.98. The van der Waals surface area contributed by atoms with Gasteiger partial charge in [-0.1, -0.05) is 24.3 Å². The van der Waals surface area contributed by atoms with E-state index in [1.54, 1.807) is 31.2 Å². The topological polar surface area (TPSA) is 66.9 Å². The molecule has 1 aromatic carbocycles. The molecule has 0 bridgehead atoms. The molecule has 0 aliphatic carbocycles. The zero-order chi connectivity index (χ0) is 12.2. The van der Waals surface area contributed by atoms with Gasteiger partial charge in [-0.2, -0.15) is 5.26 Å². The monoisotopic (exact) mass is 216 g/mol. The van der Waals surface area contributed by atoms with E-state index in [1.807, 2.05) is 0 Å². The molecule has 4 heteroatoms. The summed E-state index contributed by atoms with van der Waals surface area (Å²) in [5.74, 6) is 0. The second-order valence-electron chi connectivity index (χ2n) is 3.71. The summed E-state index contributed by atoms with van der Waals surface area (Å²) in [4.78, 5) is 10.4. The van der Waals surface area contributed by atoms with Crippen LogP contribution in [0, 0.1) is 21.4 Å². The fraction of sp³-hybridized carbons (Fsp3) is 0.250. The van der Waals surface area contributed by atoms with E-state index in [4.69, 9.17) is 5.26 Å². The molecule has 1 aromatic rings. The van der Waals surface area contributed by atoms with Crippen LogP contribution in [0.2, 0.25) is 0 Å². The Balaban J connectivity index is 3.36. The standard InChI is InChI=1S/C12H12N2O2/c1-3-8-12(2,9-13)10-6-4-5-7-11(10)14(15)16/h3-7H,1,8H2,2H3. The van der Waals surface area contributed by atoms with Crippen LogP contribution >= 0.6 is 0 Å². The number of nitro benzene ring substituents is 1. The van der Waals surface area contributed by atoms with E-state index in [-0.39, 0.29) is 5.69 Å². The zero-order valence-electron chi connectivity index (χ0n) is 9.01. The Labute approximate surface area is 94.0 Å². The summed E-state index contributed by atoms with van der Waals surface area (Å²) in [6.45, 7) is 5.25. The van der Waals surface area contributed by atoms with Crippen LogP contribution in [-0.4, -0.2) is 4.92 Å². The lowest BCUT2D eigenvalue weighted by molar-refractivity contribution is -0.385. The van der Waals surface area contributed by atoms with Crippen molar-refractivity contribution in [2.24, 2.45) is 0 Å². The fourth-order valence-electron chi connectivity index (χ4n) is 1.60. The largest absolute Gasteiger partial charge is 0.274 e. The molecule has 0 aromatic heterocycles. The van der Waals surface area contributed by atoms with Crippen molar-refractivity contribution in [2.45, 2.75) is 18.8 Å². The van der Waals surface area contributed by atoms with Crippen molar-refractivity contribution in [2.75, 3.05) is 0 Å². The highest BCUT2D eigenvalue weighted by atomic mass is 16.6. The van der Waals surface area contributed by atoms with Crippen LogP contribution in [-0.2, 0) is 5.41 Å². The van der Waals surface area contributed by atoms with Crippen molar-refractivity contribution in [1.29, 1.82) is 5.26 Å². The van der Waals surface area contributed by atoms with Gasteiger partial charge in [0, 0.05) is 6.07 Å². The van der Waals surface area contributed by atoms with Gasteiger partial charge in [0.1, 0.15) is 0 Å². The number of hydrogen-bond donors (Lipinski definition) is 0. The highest BCUT2D eigenvalue weighted by molar-refractivity contribution is 5.48. The Hall–Kier alpha value is -2.15. The molecule has 82 valence electrons. The molecule has 1 unspecified atom stereocenters. The van der Waals surface area contributed by atoms with Gasteiger partial charge in [-0.25, -0.2) is 0 Å². The SMILES string of the molecule is C=CCC(C)(C#N)c1ccccc1[N+](=O)[O-]. The number of rotatable bonds is 4. The first-order valence-corrected chi connectivity index (χ1v) is 4.81. The van der Waals surface area contributed by atoms with E-state index < -0.39 is 10.3 Å². The molecular weight excluding hydrogens is 204 g/mol. The highest BCUT2D eigenvalue weighted by Crippen LogP contribution is 2.33. The predicted octanol–water partition coefficient (Wildman–Crippen LogP) is 2.95. The van der Waals surface area contributed by atoms with E-state index in [1.165, 1.54) is 6.07 Å². The zero-order valence-corrected chi connectivity index (χ0v) is 9.01. The molecule has 0 saturated heterocycles. The summed E-state index contributed by atoms with van der Waals surface area (Å²) in [5, 5.41) is 20.0. The minimum atomic E-state index is -0.897. The van der Waals surface area contributed by atoms with Crippen molar-refractivity contribution in [3.8, 4) is 6.07 Å². The molecule has 1 atom stereocenters. The smallest absolute Gasteiger partial charge is 0.258 e. The number of benzene rings is 1. The van der Waals surface area contributed by atoms with Crippen LogP contribution in [0.5, 0.6) is 0 Å². The van der Waals surface area contributed by atoms with Crippen LogP contribution in [0.3, 0.4) is 0 Å². The van der Waals surface area contributed by atoms with Gasteiger partial charge in [-0.3, -0.25) is 10.1 Å². The van der Waals surface area contributed by atoms with E-state index >= 15 is 0 Å². The number of nitriles is 1. The number of nitro groups is 1.